The fourth-order valence-electron chi connectivity index (χ4n) is 2.72. The van der Waals surface area contributed by atoms with Crippen molar-refractivity contribution >= 4 is 17.5 Å². The lowest BCUT2D eigenvalue weighted by Crippen LogP contribution is -2.42. The maximum absolute atomic E-state index is 13.3. The Bertz CT molecular complexity index is 790. The number of pyridine rings is 1. The SMILES string of the molecule is Cc1cncc(NC(=O)C(=O)N(CCc2cccc(F)c2)C2CC2)c1. The monoisotopic (exact) mass is 341 g/mol. The van der Waals surface area contributed by atoms with Crippen LogP contribution in [0.2, 0.25) is 0 Å². The maximum Gasteiger partial charge on any atom is 0.313 e. The summed E-state index contributed by atoms with van der Waals surface area (Å²) in [4.78, 5) is 30.4. The molecule has 3 rings (SSSR count). The van der Waals surface area contributed by atoms with Crippen molar-refractivity contribution in [3.8, 4) is 0 Å². The van der Waals surface area contributed by atoms with Gasteiger partial charge in [-0.25, -0.2) is 4.39 Å². The predicted molar refractivity (Wildman–Crippen MR) is 92.4 cm³/mol. The number of anilines is 1. The van der Waals surface area contributed by atoms with Crippen molar-refractivity contribution in [3.05, 3.63) is 59.7 Å². The van der Waals surface area contributed by atoms with Gasteiger partial charge in [0.15, 0.2) is 0 Å². The Kier molecular flexibility index (Phi) is 5.07. The summed E-state index contributed by atoms with van der Waals surface area (Å²) in [6, 6.07) is 8.15. The normalized spacial score (nSPS) is 13.4. The average Bonchev–Trinajstić information content (AvgIpc) is 3.40. The molecule has 0 bridgehead atoms. The Balaban J connectivity index is 1.63. The van der Waals surface area contributed by atoms with E-state index in [2.05, 4.69) is 10.3 Å². The van der Waals surface area contributed by atoms with E-state index in [1.165, 1.54) is 18.3 Å². The lowest BCUT2D eigenvalue weighted by molar-refractivity contribution is -0.143. The second kappa shape index (κ2) is 7.42. The number of amides is 2. The van der Waals surface area contributed by atoms with Crippen LogP contribution < -0.4 is 5.32 Å². The highest BCUT2D eigenvalue weighted by Gasteiger charge is 2.35. The lowest BCUT2D eigenvalue weighted by Gasteiger charge is -2.22. The number of nitrogens with zero attached hydrogens (tertiary/aromatic N) is 2. The zero-order valence-corrected chi connectivity index (χ0v) is 14.0. The molecule has 6 heteroatoms. The number of benzene rings is 1. The molecule has 1 N–H and O–H groups in total. The van der Waals surface area contributed by atoms with Crippen LogP contribution in [0.3, 0.4) is 0 Å². The largest absolute Gasteiger partial charge is 0.331 e. The molecule has 1 aliphatic rings. The van der Waals surface area contributed by atoms with Gasteiger partial charge in [0.1, 0.15) is 5.82 Å². The van der Waals surface area contributed by atoms with Gasteiger partial charge in [-0.05, 0) is 55.5 Å². The van der Waals surface area contributed by atoms with Gasteiger partial charge in [-0.15, -0.1) is 0 Å². The lowest BCUT2D eigenvalue weighted by atomic mass is 10.1. The number of carbonyl (C=O) groups excluding carboxylic acids is 2. The summed E-state index contributed by atoms with van der Waals surface area (Å²) in [6.45, 7) is 2.26. The number of hydrogen-bond acceptors (Lipinski definition) is 3. The molecule has 1 aromatic heterocycles. The van der Waals surface area contributed by atoms with Crippen LogP contribution in [0.15, 0.2) is 42.7 Å². The zero-order valence-electron chi connectivity index (χ0n) is 14.0. The summed E-state index contributed by atoms with van der Waals surface area (Å²) < 4.78 is 13.3. The summed E-state index contributed by atoms with van der Waals surface area (Å²) in [5.74, 6) is -1.52. The second-order valence-electron chi connectivity index (χ2n) is 6.31. The van der Waals surface area contributed by atoms with Gasteiger partial charge in [0, 0.05) is 18.8 Å². The minimum absolute atomic E-state index is 0.0995. The van der Waals surface area contributed by atoms with E-state index >= 15 is 0 Å². The van der Waals surface area contributed by atoms with Crippen molar-refractivity contribution in [1.82, 2.24) is 9.88 Å². The molecule has 0 radical (unpaired) electrons. The third-order valence-electron chi connectivity index (χ3n) is 4.11. The van der Waals surface area contributed by atoms with E-state index in [1.54, 1.807) is 23.2 Å². The van der Waals surface area contributed by atoms with Gasteiger partial charge in [-0.3, -0.25) is 14.6 Å². The molecule has 1 aliphatic carbocycles. The molecule has 0 aliphatic heterocycles. The van der Waals surface area contributed by atoms with E-state index in [4.69, 9.17) is 0 Å². The molecule has 1 aromatic carbocycles. The number of aromatic nitrogens is 1. The maximum atomic E-state index is 13.3. The molecule has 1 fully saturated rings. The first-order valence-corrected chi connectivity index (χ1v) is 8.31. The van der Waals surface area contributed by atoms with E-state index in [0.717, 1.165) is 24.0 Å². The molecule has 2 aromatic rings. The highest BCUT2D eigenvalue weighted by molar-refractivity contribution is 6.39. The van der Waals surface area contributed by atoms with Crippen LogP contribution in [0.5, 0.6) is 0 Å². The summed E-state index contributed by atoms with van der Waals surface area (Å²) in [5, 5.41) is 2.60. The minimum atomic E-state index is -0.668. The molecule has 5 nitrogen and oxygen atoms in total. The molecule has 2 amide bonds. The molecule has 0 spiro atoms. The third-order valence-corrected chi connectivity index (χ3v) is 4.11. The topological polar surface area (TPSA) is 62.3 Å². The summed E-state index contributed by atoms with van der Waals surface area (Å²) in [5.41, 5.74) is 2.20. The Morgan fingerprint density at radius 1 is 1.28 bits per heavy atom. The average molecular weight is 341 g/mol. The second-order valence-corrected chi connectivity index (χ2v) is 6.31. The standard InChI is InChI=1S/C19H20FN3O2/c1-13-9-16(12-21-11-13)22-18(24)19(25)23(17-5-6-17)8-7-14-3-2-4-15(20)10-14/h2-4,9-12,17H,5-8H2,1H3,(H,22,24). The zero-order chi connectivity index (χ0) is 17.8. The number of carbonyl (C=O) groups is 2. The Morgan fingerprint density at radius 3 is 2.76 bits per heavy atom. The van der Waals surface area contributed by atoms with Crippen molar-refractivity contribution in [2.24, 2.45) is 0 Å². The van der Waals surface area contributed by atoms with Crippen LogP contribution in [-0.2, 0) is 16.0 Å². The van der Waals surface area contributed by atoms with Gasteiger partial charge in [-0.1, -0.05) is 12.1 Å². The van der Waals surface area contributed by atoms with Crippen molar-refractivity contribution in [3.63, 3.8) is 0 Å². The fraction of sp³-hybridized carbons (Fsp3) is 0.316. The first kappa shape index (κ1) is 17.1. The highest BCUT2D eigenvalue weighted by Crippen LogP contribution is 2.27. The molecule has 130 valence electrons. The van der Waals surface area contributed by atoms with Crippen LogP contribution in [0.1, 0.15) is 24.0 Å². The first-order chi connectivity index (χ1) is 12.0. The van der Waals surface area contributed by atoms with E-state index in [9.17, 15) is 14.0 Å². The van der Waals surface area contributed by atoms with Gasteiger partial charge in [-0.2, -0.15) is 0 Å². The summed E-state index contributed by atoms with van der Waals surface area (Å²) >= 11 is 0. The first-order valence-electron chi connectivity index (χ1n) is 8.31. The van der Waals surface area contributed by atoms with Crippen molar-refractivity contribution in [1.29, 1.82) is 0 Å². The number of aryl methyl sites for hydroxylation is 1. The molecule has 25 heavy (non-hydrogen) atoms. The number of hydrogen-bond donors (Lipinski definition) is 1. The Labute approximate surface area is 145 Å². The van der Waals surface area contributed by atoms with Gasteiger partial charge in [0.2, 0.25) is 0 Å². The molecular weight excluding hydrogens is 321 g/mol. The van der Waals surface area contributed by atoms with Crippen LogP contribution in [0.4, 0.5) is 10.1 Å². The van der Waals surface area contributed by atoms with Crippen molar-refractivity contribution in [2.75, 3.05) is 11.9 Å². The summed E-state index contributed by atoms with van der Waals surface area (Å²) in [7, 11) is 0. The smallest absolute Gasteiger partial charge is 0.313 e. The van der Waals surface area contributed by atoms with Crippen LogP contribution in [0, 0.1) is 12.7 Å². The molecular formula is C19H20FN3O2. The van der Waals surface area contributed by atoms with Crippen molar-refractivity contribution < 1.29 is 14.0 Å². The minimum Gasteiger partial charge on any atom is -0.331 e. The van der Waals surface area contributed by atoms with Gasteiger partial charge in [0.05, 0.1) is 11.9 Å². The van der Waals surface area contributed by atoms with Gasteiger partial charge >= 0.3 is 11.8 Å². The van der Waals surface area contributed by atoms with Crippen molar-refractivity contribution in [2.45, 2.75) is 32.2 Å². The number of rotatable bonds is 5. The summed E-state index contributed by atoms with van der Waals surface area (Å²) in [6.07, 6.45) is 5.49. The molecule has 0 atom stereocenters. The molecule has 0 saturated heterocycles. The van der Waals surface area contributed by atoms with Crippen LogP contribution >= 0.6 is 0 Å². The quantitative estimate of drug-likeness (QED) is 0.851. The molecule has 1 heterocycles. The fourth-order valence-corrected chi connectivity index (χ4v) is 2.72. The van der Waals surface area contributed by atoms with E-state index in [-0.39, 0.29) is 11.9 Å². The number of nitrogens with one attached hydrogen (secondary N) is 1. The van der Waals surface area contributed by atoms with Crippen LogP contribution in [-0.4, -0.2) is 34.3 Å². The third kappa shape index (κ3) is 4.62. The van der Waals surface area contributed by atoms with E-state index < -0.39 is 11.8 Å². The van der Waals surface area contributed by atoms with Gasteiger partial charge < -0.3 is 10.2 Å². The van der Waals surface area contributed by atoms with E-state index in [0.29, 0.717) is 18.7 Å². The highest BCUT2D eigenvalue weighted by atomic mass is 19.1. The number of halogens is 1. The Hall–Kier alpha value is -2.76. The Morgan fingerprint density at radius 2 is 2.08 bits per heavy atom. The predicted octanol–water partition coefficient (Wildman–Crippen LogP) is 2.70. The van der Waals surface area contributed by atoms with E-state index in [1.807, 2.05) is 13.0 Å². The molecule has 1 saturated carbocycles. The van der Waals surface area contributed by atoms with Crippen LogP contribution in [0.25, 0.3) is 0 Å². The molecule has 0 unspecified atom stereocenters. The van der Waals surface area contributed by atoms with Gasteiger partial charge in [0.25, 0.3) is 0 Å².